The molecule has 0 amide bonds. The third-order valence-electron chi connectivity index (χ3n) is 4.05. The van der Waals surface area contributed by atoms with Gasteiger partial charge in [-0.3, -0.25) is 4.79 Å². The number of rotatable bonds is 7. The van der Waals surface area contributed by atoms with Crippen LogP contribution >= 0.6 is 45.8 Å². The molecule has 0 radical (unpaired) electrons. The highest BCUT2D eigenvalue weighted by Gasteiger charge is 2.01. The van der Waals surface area contributed by atoms with Crippen molar-refractivity contribution in [2.75, 3.05) is 0 Å². The summed E-state index contributed by atoms with van der Waals surface area (Å²) < 4.78 is 6.99. The van der Waals surface area contributed by atoms with E-state index in [1.54, 1.807) is 30.4 Å². The molecule has 5 heteroatoms. The van der Waals surface area contributed by atoms with E-state index in [1.165, 1.54) is 15.7 Å². The van der Waals surface area contributed by atoms with Gasteiger partial charge in [0, 0.05) is 3.57 Å². The van der Waals surface area contributed by atoms with E-state index in [0.717, 1.165) is 16.9 Å². The van der Waals surface area contributed by atoms with E-state index < -0.39 is 0 Å². The molecule has 0 spiro atoms. The van der Waals surface area contributed by atoms with Crippen LogP contribution in [0.25, 0.3) is 12.2 Å². The van der Waals surface area contributed by atoms with Crippen LogP contribution < -0.4 is 4.74 Å². The monoisotopic (exact) mass is 534 g/mol. The maximum Gasteiger partial charge on any atom is 0.178 e. The number of allylic oxidation sites excluding steroid dienone is 2. The summed E-state index contributed by atoms with van der Waals surface area (Å²) in [7, 11) is 0. The Labute approximate surface area is 193 Å². The third-order valence-corrected chi connectivity index (χ3v) is 5.60. The molecule has 2 nitrogen and oxygen atoms in total. The van der Waals surface area contributed by atoms with E-state index in [1.807, 2.05) is 24.3 Å². The Bertz CT molecular complexity index is 1040. The highest BCUT2D eigenvalue weighted by molar-refractivity contribution is 14.1. The van der Waals surface area contributed by atoms with E-state index in [2.05, 4.69) is 46.9 Å². The lowest BCUT2D eigenvalue weighted by Crippen LogP contribution is -1.95. The zero-order valence-corrected chi connectivity index (χ0v) is 19.0. The minimum absolute atomic E-state index is 0.139. The fourth-order valence-electron chi connectivity index (χ4n) is 2.48. The fourth-order valence-corrected chi connectivity index (χ4v) is 3.21. The Morgan fingerprint density at radius 1 is 0.897 bits per heavy atom. The first kappa shape index (κ1) is 21.6. The van der Waals surface area contributed by atoms with Gasteiger partial charge in [0.15, 0.2) is 5.78 Å². The van der Waals surface area contributed by atoms with E-state index in [0.29, 0.717) is 22.2 Å². The lowest BCUT2D eigenvalue weighted by atomic mass is 10.1. The maximum absolute atomic E-state index is 12.1. The molecule has 0 aliphatic carbocycles. The Kier molecular flexibility index (Phi) is 7.92. The van der Waals surface area contributed by atoms with Crippen LogP contribution in [-0.2, 0) is 11.4 Å². The van der Waals surface area contributed by atoms with Gasteiger partial charge in [-0.2, -0.15) is 0 Å². The average molecular weight is 535 g/mol. The standard InChI is InChI=1S/C24H17Cl2IO2/c25-23-3-1-2-19(24(23)26)9-13-21(28)12-6-17-7-14-22(15-8-17)29-16-18-4-10-20(27)11-5-18/h1-15H,16H2/b12-6+,13-9+. The molecule has 0 saturated carbocycles. The molecule has 0 saturated heterocycles. The first-order valence-corrected chi connectivity index (χ1v) is 10.7. The van der Waals surface area contributed by atoms with Crippen LogP contribution in [0.1, 0.15) is 16.7 Å². The molecule has 3 aromatic carbocycles. The number of carbonyl (C=O) groups is 1. The number of carbonyl (C=O) groups excluding carboxylic acids is 1. The molecule has 3 rings (SSSR count). The van der Waals surface area contributed by atoms with Gasteiger partial charge in [-0.05, 0) is 87.8 Å². The molecule has 0 N–H and O–H groups in total. The van der Waals surface area contributed by atoms with Gasteiger partial charge in [0.2, 0.25) is 0 Å². The molecule has 29 heavy (non-hydrogen) atoms. The van der Waals surface area contributed by atoms with E-state index in [-0.39, 0.29) is 5.78 Å². The fraction of sp³-hybridized carbons (Fsp3) is 0.0417. The van der Waals surface area contributed by atoms with Crippen molar-refractivity contribution in [3.8, 4) is 5.75 Å². The number of hydrogen-bond acceptors (Lipinski definition) is 2. The van der Waals surface area contributed by atoms with Crippen molar-refractivity contribution in [1.29, 1.82) is 0 Å². The molecule has 0 aliphatic rings. The van der Waals surface area contributed by atoms with Gasteiger partial charge in [0.1, 0.15) is 12.4 Å². The van der Waals surface area contributed by atoms with Gasteiger partial charge in [0.05, 0.1) is 10.0 Å². The SMILES string of the molecule is O=C(/C=C/c1ccc(OCc2ccc(I)cc2)cc1)/C=C/c1cccc(Cl)c1Cl. The van der Waals surface area contributed by atoms with E-state index in [4.69, 9.17) is 27.9 Å². The Hall–Kier alpha value is -2.08. The molecular formula is C24H17Cl2IO2. The molecule has 0 heterocycles. The molecule has 0 aliphatic heterocycles. The second-order valence-electron chi connectivity index (χ2n) is 6.20. The topological polar surface area (TPSA) is 26.3 Å². The van der Waals surface area contributed by atoms with Gasteiger partial charge >= 0.3 is 0 Å². The minimum Gasteiger partial charge on any atom is -0.489 e. The van der Waals surface area contributed by atoms with Crippen molar-refractivity contribution in [3.05, 3.63) is 109 Å². The highest BCUT2D eigenvalue weighted by Crippen LogP contribution is 2.26. The number of benzene rings is 3. The van der Waals surface area contributed by atoms with Crippen molar-refractivity contribution in [2.45, 2.75) is 6.61 Å². The number of halogens is 3. The van der Waals surface area contributed by atoms with Crippen LogP contribution in [0.3, 0.4) is 0 Å². The normalized spacial score (nSPS) is 11.3. The first-order chi connectivity index (χ1) is 14.0. The van der Waals surface area contributed by atoms with Crippen LogP contribution in [0.5, 0.6) is 5.75 Å². The van der Waals surface area contributed by atoms with Crippen molar-refractivity contribution in [2.24, 2.45) is 0 Å². The third kappa shape index (κ3) is 6.74. The van der Waals surface area contributed by atoms with Gasteiger partial charge in [-0.1, -0.05) is 65.7 Å². The van der Waals surface area contributed by atoms with Gasteiger partial charge < -0.3 is 4.74 Å². The van der Waals surface area contributed by atoms with Crippen LogP contribution in [-0.4, -0.2) is 5.78 Å². The summed E-state index contributed by atoms with van der Waals surface area (Å²) in [5.74, 6) is 0.641. The zero-order valence-electron chi connectivity index (χ0n) is 15.3. The van der Waals surface area contributed by atoms with Gasteiger partial charge in [0.25, 0.3) is 0 Å². The molecule has 0 atom stereocenters. The Morgan fingerprint density at radius 2 is 1.59 bits per heavy atom. The molecule has 0 fully saturated rings. The second-order valence-corrected chi connectivity index (χ2v) is 8.23. The van der Waals surface area contributed by atoms with Crippen LogP contribution in [0, 0.1) is 3.57 Å². The largest absolute Gasteiger partial charge is 0.489 e. The van der Waals surface area contributed by atoms with E-state index >= 15 is 0 Å². The average Bonchev–Trinajstić information content (AvgIpc) is 2.73. The number of hydrogen-bond donors (Lipinski definition) is 0. The smallest absolute Gasteiger partial charge is 0.178 e. The highest BCUT2D eigenvalue weighted by atomic mass is 127. The summed E-state index contributed by atoms with van der Waals surface area (Å²) in [6.07, 6.45) is 6.39. The number of ketones is 1. The van der Waals surface area contributed by atoms with Crippen LogP contribution in [0.4, 0.5) is 0 Å². The lowest BCUT2D eigenvalue weighted by molar-refractivity contribution is -0.110. The Balaban J connectivity index is 1.55. The molecule has 0 bridgehead atoms. The van der Waals surface area contributed by atoms with Crippen LogP contribution in [0.15, 0.2) is 78.9 Å². The summed E-state index contributed by atoms with van der Waals surface area (Å²) in [5, 5.41) is 0.893. The maximum atomic E-state index is 12.1. The first-order valence-electron chi connectivity index (χ1n) is 8.83. The summed E-state index contributed by atoms with van der Waals surface area (Å²) >= 11 is 14.4. The van der Waals surface area contributed by atoms with Gasteiger partial charge in [-0.25, -0.2) is 0 Å². The minimum atomic E-state index is -0.139. The van der Waals surface area contributed by atoms with Crippen molar-refractivity contribution < 1.29 is 9.53 Å². The summed E-state index contributed by atoms with van der Waals surface area (Å²) in [6.45, 7) is 0.515. The summed E-state index contributed by atoms with van der Waals surface area (Å²) in [6, 6.07) is 21.1. The molecule has 146 valence electrons. The summed E-state index contributed by atoms with van der Waals surface area (Å²) in [4.78, 5) is 12.1. The predicted molar refractivity (Wildman–Crippen MR) is 129 cm³/mol. The zero-order chi connectivity index (χ0) is 20.6. The predicted octanol–water partition coefficient (Wildman–Crippen LogP) is 7.47. The van der Waals surface area contributed by atoms with Gasteiger partial charge in [-0.15, -0.1) is 0 Å². The second kappa shape index (κ2) is 10.6. The molecule has 0 aromatic heterocycles. The summed E-state index contributed by atoms with van der Waals surface area (Å²) in [5.41, 5.74) is 2.73. The Morgan fingerprint density at radius 3 is 2.31 bits per heavy atom. The van der Waals surface area contributed by atoms with Crippen molar-refractivity contribution in [3.63, 3.8) is 0 Å². The quantitative estimate of drug-likeness (QED) is 0.232. The van der Waals surface area contributed by atoms with Crippen molar-refractivity contribution in [1.82, 2.24) is 0 Å². The van der Waals surface area contributed by atoms with Crippen molar-refractivity contribution >= 4 is 63.7 Å². The number of ether oxygens (including phenoxy) is 1. The van der Waals surface area contributed by atoms with E-state index in [9.17, 15) is 4.79 Å². The van der Waals surface area contributed by atoms with Crippen LogP contribution in [0.2, 0.25) is 10.0 Å². The lowest BCUT2D eigenvalue weighted by Gasteiger charge is -2.06. The molecular weight excluding hydrogens is 518 g/mol. The molecule has 3 aromatic rings. The molecule has 0 unspecified atom stereocenters.